The molecule has 0 amide bonds. The van der Waals surface area contributed by atoms with E-state index in [1.54, 1.807) is 13.4 Å². The monoisotopic (exact) mass is 356 g/mol. The van der Waals surface area contributed by atoms with Crippen LogP contribution in [0, 0.1) is 11.6 Å². The van der Waals surface area contributed by atoms with Crippen LogP contribution in [0.15, 0.2) is 48.8 Å². The van der Waals surface area contributed by atoms with Gasteiger partial charge in [0.2, 0.25) is 0 Å². The van der Waals surface area contributed by atoms with Crippen molar-refractivity contribution in [1.82, 2.24) is 9.55 Å². The summed E-state index contributed by atoms with van der Waals surface area (Å²) >= 11 is 0. The standard InChI is InChI=1S/C21H22F2N2O/c1-3-6-19-21(17-10-9-16(22)13-18(17)23)24-14-25(19)12-11-15-7-4-5-8-20(15)26-2/h4-5,7-10,13-14H,3,6,11-12H2,1-2H3. The number of ether oxygens (including phenoxy) is 1. The van der Waals surface area contributed by atoms with Crippen LogP contribution >= 0.6 is 0 Å². The first-order chi connectivity index (χ1) is 12.6. The molecular weight excluding hydrogens is 334 g/mol. The molecule has 0 aliphatic heterocycles. The van der Waals surface area contributed by atoms with Crippen LogP contribution in [-0.4, -0.2) is 16.7 Å². The molecule has 0 saturated carbocycles. The summed E-state index contributed by atoms with van der Waals surface area (Å²) in [7, 11) is 1.66. The molecule has 0 saturated heterocycles. The highest BCUT2D eigenvalue weighted by Gasteiger charge is 2.16. The smallest absolute Gasteiger partial charge is 0.135 e. The van der Waals surface area contributed by atoms with Crippen LogP contribution in [0.1, 0.15) is 24.6 Å². The maximum absolute atomic E-state index is 14.2. The van der Waals surface area contributed by atoms with Gasteiger partial charge in [0.1, 0.15) is 17.4 Å². The van der Waals surface area contributed by atoms with Crippen molar-refractivity contribution in [2.45, 2.75) is 32.7 Å². The maximum atomic E-state index is 14.2. The Kier molecular flexibility index (Phi) is 5.66. The van der Waals surface area contributed by atoms with E-state index in [0.29, 0.717) is 17.8 Å². The van der Waals surface area contributed by atoms with Crippen LogP contribution in [0.3, 0.4) is 0 Å². The minimum absolute atomic E-state index is 0.339. The number of imidazole rings is 1. The molecule has 3 nitrogen and oxygen atoms in total. The van der Waals surface area contributed by atoms with Crippen molar-refractivity contribution in [3.05, 3.63) is 71.7 Å². The van der Waals surface area contributed by atoms with Crippen molar-refractivity contribution in [2.75, 3.05) is 7.11 Å². The first kappa shape index (κ1) is 18.1. The lowest BCUT2D eigenvalue weighted by molar-refractivity contribution is 0.408. The van der Waals surface area contributed by atoms with Crippen molar-refractivity contribution in [2.24, 2.45) is 0 Å². The van der Waals surface area contributed by atoms with Gasteiger partial charge in [-0.2, -0.15) is 0 Å². The van der Waals surface area contributed by atoms with Gasteiger partial charge in [-0.05, 0) is 36.6 Å². The molecule has 0 aliphatic rings. The van der Waals surface area contributed by atoms with Crippen molar-refractivity contribution >= 4 is 0 Å². The Bertz CT molecular complexity index is 889. The van der Waals surface area contributed by atoms with Gasteiger partial charge < -0.3 is 9.30 Å². The summed E-state index contributed by atoms with van der Waals surface area (Å²) in [5, 5.41) is 0. The minimum atomic E-state index is -0.586. The molecule has 5 heteroatoms. The van der Waals surface area contributed by atoms with Gasteiger partial charge in [-0.1, -0.05) is 31.5 Å². The van der Waals surface area contributed by atoms with E-state index < -0.39 is 11.6 Å². The average Bonchev–Trinajstić information content (AvgIpc) is 3.03. The summed E-state index contributed by atoms with van der Waals surface area (Å²) in [5.74, 6) is -0.314. The second-order valence-corrected chi connectivity index (χ2v) is 6.17. The van der Waals surface area contributed by atoms with Gasteiger partial charge in [0.25, 0.3) is 0 Å². The number of nitrogens with zero attached hydrogens (tertiary/aromatic N) is 2. The van der Waals surface area contributed by atoms with E-state index in [9.17, 15) is 8.78 Å². The lowest BCUT2D eigenvalue weighted by Crippen LogP contribution is -2.06. The summed E-state index contributed by atoms with van der Waals surface area (Å²) < 4.78 is 34.9. The zero-order chi connectivity index (χ0) is 18.5. The predicted octanol–water partition coefficient (Wildman–Crippen LogP) is 5.03. The number of methoxy groups -OCH3 is 1. The van der Waals surface area contributed by atoms with E-state index in [0.717, 1.165) is 42.3 Å². The van der Waals surface area contributed by atoms with E-state index in [1.165, 1.54) is 12.1 Å². The molecule has 1 heterocycles. The predicted molar refractivity (Wildman–Crippen MR) is 98.3 cm³/mol. The van der Waals surface area contributed by atoms with Gasteiger partial charge in [-0.15, -0.1) is 0 Å². The zero-order valence-electron chi connectivity index (χ0n) is 15.0. The Morgan fingerprint density at radius 1 is 1.08 bits per heavy atom. The van der Waals surface area contributed by atoms with Crippen LogP contribution in [0.4, 0.5) is 8.78 Å². The third-order valence-corrected chi connectivity index (χ3v) is 4.43. The third kappa shape index (κ3) is 3.77. The van der Waals surface area contributed by atoms with Crippen LogP contribution in [0.5, 0.6) is 5.75 Å². The molecule has 0 spiro atoms. The normalized spacial score (nSPS) is 10.9. The van der Waals surface area contributed by atoms with Crippen molar-refractivity contribution in [1.29, 1.82) is 0 Å². The molecule has 0 unspecified atom stereocenters. The number of hydrogen-bond acceptors (Lipinski definition) is 2. The first-order valence-corrected chi connectivity index (χ1v) is 8.75. The molecule has 0 fully saturated rings. The number of aromatic nitrogens is 2. The summed E-state index contributed by atoms with van der Waals surface area (Å²) in [4.78, 5) is 4.42. The molecule has 0 N–H and O–H groups in total. The van der Waals surface area contributed by atoms with Crippen molar-refractivity contribution in [3.63, 3.8) is 0 Å². The topological polar surface area (TPSA) is 27.1 Å². The van der Waals surface area contributed by atoms with Crippen molar-refractivity contribution in [3.8, 4) is 17.0 Å². The van der Waals surface area contributed by atoms with E-state index in [2.05, 4.69) is 11.9 Å². The fourth-order valence-corrected chi connectivity index (χ4v) is 3.16. The molecule has 0 atom stereocenters. The lowest BCUT2D eigenvalue weighted by atomic mass is 10.1. The summed E-state index contributed by atoms with van der Waals surface area (Å²) in [5.41, 5.74) is 3.00. The maximum Gasteiger partial charge on any atom is 0.135 e. The third-order valence-electron chi connectivity index (χ3n) is 4.43. The molecular formula is C21H22F2N2O. The molecule has 1 aromatic heterocycles. The second kappa shape index (κ2) is 8.13. The Labute approximate surface area is 152 Å². The largest absolute Gasteiger partial charge is 0.496 e. The van der Waals surface area contributed by atoms with E-state index in [-0.39, 0.29) is 0 Å². The van der Waals surface area contributed by atoms with Crippen LogP contribution in [0.2, 0.25) is 0 Å². The number of aryl methyl sites for hydroxylation is 2. The molecule has 0 aliphatic carbocycles. The highest BCUT2D eigenvalue weighted by atomic mass is 19.1. The van der Waals surface area contributed by atoms with Gasteiger partial charge in [0.05, 0.1) is 19.1 Å². The molecule has 2 aromatic carbocycles. The summed E-state index contributed by atoms with van der Waals surface area (Å²) in [6.07, 6.45) is 4.20. The van der Waals surface area contributed by atoms with Gasteiger partial charge in [0, 0.05) is 23.9 Å². The van der Waals surface area contributed by atoms with Crippen LogP contribution < -0.4 is 4.74 Å². The van der Waals surface area contributed by atoms with Crippen molar-refractivity contribution < 1.29 is 13.5 Å². The molecule has 0 radical (unpaired) electrons. The fourth-order valence-electron chi connectivity index (χ4n) is 3.16. The van der Waals surface area contributed by atoms with Gasteiger partial charge >= 0.3 is 0 Å². The summed E-state index contributed by atoms with van der Waals surface area (Å²) in [6, 6.07) is 11.5. The van der Waals surface area contributed by atoms with E-state index in [1.807, 2.05) is 28.8 Å². The first-order valence-electron chi connectivity index (χ1n) is 8.75. The average molecular weight is 356 g/mol. The molecule has 0 bridgehead atoms. The Morgan fingerprint density at radius 2 is 1.88 bits per heavy atom. The summed E-state index contributed by atoms with van der Waals surface area (Å²) in [6.45, 7) is 2.79. The number of benzene rings is 2. The van der Waals surface area contributed by atoms with Gasteiger partial charge in [-0.3, -0.25) is 0 Å². The SMILES string of the molecule is CCCc1c(-c2ccc(F)cc2F)ncn1CCc1ccccc1OC. The molecule has 136 valence electrons. The fraction of sp³-hybridized carbons (Fsp3) is 0.286. The highest BCUT2D eigenvalue weighted by Crippen LogP contribution is 2.27. The second-order valence-electron chi connectivity index (χ2n) is 6.17. The van der Waals surface area contributed by atoms with Gasteiger partial charge in [-0.25, -0.2) is 13.8 Å². The molecule has 3 aromatic rings. The molecule has 26 heavy (non-hydrogen) atoms. The number of para-hydroxylation sites is 1. The lowest BCUT2D eigenvalue weighted by Gasteiger charge is -2.12. The number of halogens is 2. The Morgan fingerprint density at radius 3 is 2.62 bits per heavy atom. The Balaban J connectivity index is 1.90. The molecule has 3 rings (SSSR count). The van der Waals surface area contributed by atoms with E-state index >= 15 is 0 Å². The van der Waals surface area contributed by atoms with Crippen LogP contribution in [0.25, 0.3) is 11.3 Å². The van der Waals surface area contributed by atoms with Crippen LogP contribution in [-0.2, 0) is 19.4 Å². The number of hydrogen-bond donors (Lipinski definition) is 0. The zero-order valence-corrected chi connectivity index (χ0v) is 15.0. The minimum Gasteiger partial charge on any atom is -0.496 e. The number of rotatable bonds is 7. The quantitative estimate of drug-likeness (QED) is 0.593. The van der Waals surface area contributed by atoms with E-state index in [4.69, 9.17) is 4.74 Å². The Hall–Kier alpha value is -2.69. The van der Waals surface area contributed by atoms with Gasteiger partial charge in [0.15, 0.2) is 0 Å². The highest BCUT2D eigenvalue weighted by molar-refractivity contribution is 5.62.